The topological polar surface area (TPSA) is 133 Å². The maximum Gasteiger partial charge on any atom is 0.276 e. The predicted octanol–water partition coefficient (Wildman–Crippen LogP) is 0.881. The Kier molecular flexibility index (Phi) is 5.35. The van der Waals surface area contributed by atoms with E-state index < -0.39 is 27.6 Å². The second-order valence-corrected chi connectivity index (χ2v) is 8.91. The molecule has 30 heavy (non-hydrogen) atoms. The van der Waals surface area contributed by atoms with Crippen molar-refractivity contribution >= 4 is 21.6 Å². The van der Waals surface area contributed by atoms with Crippen LogP contribution in [0.15, 0.2) is 29.3 Å². The van der Waals surface area contributed by atoms with E-state index in [1.165, 1.54) is 30.8 Å². The first-order valence-electron chi connectivity index (χ1n) is 8.85. The summed E-state index contributed by atoms with van der Waals surface area (Å²) in [6, 6.07) is 6.89. The average molecular weight is 428 g/mol. The number of terminal acetylenes is 1. The summed E-state index contributed by atoms with van der Waals surface area (Å²) >= 11 is 0. The first kappa shape index (κ1) is 21.4. The van der Waals surface area contributed by atoms with Gasteiger partial charge in [0.1, 0.15) is 23.1 Å². The number of aliphatic hydroxyl groups excluding tert-OH is 1. The molecule has 0 aliphatic carbocycles. The molecular weight excluding hydrogens is 408 g/mol. The summed E-state index contributed by atoms with van der Waals surface area (Å²) < 4.78 is 35.1. The summed E-state index contributed by atoms with van der Waals surface area (Å²) in [5.41, 5.74) is 0.0220. The normalized spacial score (nSPS) is 20.6. The fourth-order valence-electron chi connectivity index (χ4n) is 3.11. The quantitative estimate of drug-likeness (QED) is 0.622. The number of fused-ring (bicyclic) bond motifs is 1. The van der Waals surface area contributed by atoms with Crippen LogP contribution in [-0.2, 0) is 17.1 Å². The highest BCUT2D eigenvalue weighted by atomic mass is 32.2. The molecule has 1 aromatic heterocycles. The number of nitrogens with zero attached hydrogens (tertiary/aromatic N) is 2. The van der Waals surface area contributed by atoms with Crippen molar-refractivity contribution < 1.29 is 23.1 Å². The van der Waals surface area contributed by atoms with Crippen LogP contribution in [0.1, 0.15) is 28.5 Å². The first-order chi connectivity index (χ1) is 14.0. The van der Waals surface area contributed by atoms with Crippen LogP contribution in [0.4, 0.5) is 5.69 Å². The Morgan fingerprint density at radius 1 is 1.50 bits per heavy atom. The minimum atomic E-state index is -4.14. The Balaban J connectivity index is 2.01. The van der Waals surface area contributed by atoms with Gasteiger partial charge in [-0.25, -0.2) is 8.42 Å². The third-order valence-electron chi connectivity index (χ3n) is 4.87. The molecule has 9 nitrogen and oxygen atoms in total. The number of carbonyl (C=O) groups excluding carboxylic acids is 1. The summed E-state index contributed by atoms with van der Waals surface area (Å²) in [5, 5.41) is 21.9. The van der Waals surface area contributed by atoms with Gasteiger partial charge in [0, 0.05) is 18.9 Å². The monoisotopic (exact) mass is 428 g/mol. The van der Waals surface area contributed by atoms with Gasteiger partial charge in [-0.15, -0.1) is 6.42 Å². The van der Waals surface area contributed by atoms with Crippen LogP contribution in [0, 0.1) is 30.6 Å². The van der Waals surface area contributed by atoms with E-state index in [2.05, 4.69) is 16.0 Å². The number of rotatable bonds is 3. The van der Waals surface area contributed by atoms with E-state index in [1.54, 1.807) is 19.1 Å². The van der Waals surface area contributed by atoms with Crippen LogP contribution in [-0.4, -0.2) is 42.2 Å². The van der Waals surface area contributed by atoms with Crippen LogP contribution in [0.3, 0.4) is 0 Å². The van der Waals surface area contributed by atoms with Crippen molar-refractivity contribution in [3.63, 3.8) is 0 Å². The Bertz CT molecular complexity index is 1220. The smallest absolute Gasteiger partial charge is 0.276 e. The zero-order valence-corrected chi connectivity index (χ0v) is 17.4. The van der Waals surface area contributed by atoms with Crippen molar-refractivity contribution in [1.29, 1.82) is 5.26 Å². The van der Waals surface area contributed by atoms with Gasteiger partial charge in [0.2, 0.25) is 10.0 Å². The number of sulfonamides is 1. The third kappa shape index (κ3) is 3.64. The van der Waals surface area contributed by atoms with Gasteiger partial charge in [0.25, 0.3) is 5.91 Å². The van der Waals surface area contributed by atoms with Crippen LogP contribution < -0.4 is 14.8 Å². The highest BCUT2D eigenvalue weighted by Crippen LogP contribution is 2.35. The number of carbonyl (C=O) groups is 1. The molecule has 2 heterocycles. The Morgan fingerprint density at radius 2 is 2.20 bits per heavy atom. The molecule has 156 valence electrons. The number of anilines is 1. The van der Waals surface area contributed by atoms with Gasteiger partial charge in [-0.2, -0.15) is 9.98 Å². The molecule has 0 saturated heterocycles. The minimum absolute atomic E-state index is 0.0334. The summed E-state index contributed by atoms with van der Waals surface area (Å²) in [4.78, 5) is 12.7. The number of aliphatic hydroxyl groups is 1. The van der Waals surface area contributed by atoms with E-state index in [4.69, 9.17) is 11.2 Å². The van der Waals surface area contributed by atoms with Gasteiger partial charge in [0.05, 0.1) is 11.6 Å². The lowest BCUT2D eigenvalue weighted by Gasteiger charge is -2.29. The van der Waals surface area contributed by atoms with Gasteiger partial charge in [-0.3, -0.25) is 4.79 Å². The lowest BCUT2D eigenvalue weighted by atomic mass is 9.98. The van der Waals surface area contributed by atoms with Crippen molar-refractivity contribution in [2.75, 3.05) is 11.9 Å². The van der Waals surface area contributed by atoms with Crippen LogP contribution in [0.2, 0.25) is 0 Å². The molecule has 0 saturated carbocycles. The maximum atomic E-state index is 12.9. The SMILES string of the molecule is C#C[C@@H](O)[C@]1(C)COc2c(cn(C)c2C(=O)Nc2ccc(C)c(C#N)c2)S(=O)(=O)N1. The average Bonchev–Trinajstić information content (AvgIpc) is 2.99. The van der Waals surface area contributed by atoms with E-state index in [-0.39, 0.29) is 22.9 Å². The number of aryl methyl sites for hydroxylation is 2. The fourth-order valence-corrected chi connectivity index (χ4v) is 4.70. The molecule has 0 radical (unpaired) electrons. The molecule has 3 rings (SSSR count). The molecular formula is C20H20N4O5S. The summed E-state index contributed by atoms with van der Waals surface area (Å²) in [7, 11) is -2.63. The van der Waals surface area contributed by atoms with E-state index in [0.717, 1.165) is 5.56 Å². The molecule has 1 aliphatic heterocycles. The van der Waals surface area contributed by atoms with Crippen molar-refractivity contribution in [3.8, 4) is 24.2 Å². The van der Waals surface area contributed by atoms with Gasteiger partial charge in [-0.05, 0) is 31.5 Å². The van der Waals surface area contributed by atoms with E-state index >= 15 is 0 Å². The number of aromatic nitrogens is 1. The number of nitriles is 1. The third-order valence-corrected chi connectivity index (χ3v) is 6.47. The molecule has 10 heteroatoms. The largest absolute Gasteiger partial charge is 0.488 e. The molecule has 2 atom stereocenters. The number of amides is 1. The number of ether oxygens (including phenoxy) is 1. The van der Waals surface area contributed by atoms with E-state index in [9.17, 15) is 23.6 Å². The molecule has 0 unspecified atom stereocenters. The van der Waals surface area contributed by atoms with Gasteiger partial charge >= 0.3 is 0 Å². The summed E-state index contributed by atoms with van der Waals surface area (Å²) in [5.74, 6) is 1.32. The molecule has 1 amide bonds. The maximum absolute atomic E-state index is 12.9. The van der Waals surface area contributed by atoms with Gasteiger partial charge < -0.3 is 19.7 Å². The van der Waals surface area contributed by atoms with E-state index in [1.807, 2.05) is 6.07 Å². The Labute approximate surface area is 174 Å². The van der Waals surface area contributed by atoms with Gasteiger partial charge in [0.15, 0.2) is 11.4 Å². The Morgan fingerprint density at radius 3 is 2.83 bits per heavy atom. The molecule has 2 aromatic rings. The molecule has 3 N–H and O–H groups in total. The van der Waals surface area contributed by atoms with Crippen molar-refractivity contribution in [1.82, 2.24) is 9.29 Å². The standard InChI is InChI=1S/C20H20N4O5S/c1-5-16(25)20(3)11-29-18-15(30(27,28)23-20)10-24(4)17(18)19(26)22-14-7-6-12(2)13(8-14)9-21/h1,6-8,10,16,23,25H,11H2,2-4H3,(H,22,26)/t16-,20+/m1/s1. The summed E-state index contributed by atoms with van der Waals surface area (Å²) in [6.45, 7) is 2.89. The Hall–Kier alpha value is -3.31. The molecule has 0 spiro atoms. The lowest BCUT2D eigenvalue weighted by molar-refractivity contribution is 0.0898. The number of nitrogens with one attached hydrogen (secondary N) is 2. The van der Waals surface area contributed by atoms with Gasteiger partial charge in [-0.1, -0.05) is 12.0 Å². The zero-order chi connectivity index (χ0) is 22.3. The molecule has 0 fully saturated rings. The zero-order valence-electron chi connectivity index (χ0n) is 16.6. The second-order valence-electron chi connectivity index (χ2n) is 7.26. The molecule has 1 aliphatic rings. The first-order valence-corrected chi connectivity index (χ1v) is 10.3. The fraction of sp³-hybridized carbons (Fsp3) is 0.300. The van der Waals surface area contributed by atoms with Crippen molar-refractivity contribution in [2.45, 2.75) is 30.4 Å². The van der Waals surface area contributed by atoms with Crippen LogP contribution >= 0.6 is 0 Å². The summed E-state index contributed by atoms with van der Waals surface area (Å²) in [6.07, 6.45) is 5.05. The number of benzene rings is 1. The lowest BCUT2D eigenvalue weighted by Crippen LogP contribution is -2.56. The predicted molar refractivity (Wildman–Crippen MR) is 108 cm³/mol. The highest BCUT2D eigenvalue weighted by Gasteiger charge is 2.43. The number of hydrogen-bond acceptors (Lipinski definition) is 6. The minimum Gasteiger partial charge on any atom is -0.488 e. The molecule has 0 bridgehead atoms. The van der Waals surface area contributed by atoms with Crippen molar-refractivity contribution in [3.05, 3.63) is 41.2 Å². The van der Waals surface area contributed by atoms with Crippen LogP contribution in [0.25, 0.3) is 0 Å². The second kappa shape index (κ2) is 7.50. The number of hydrogen-bond donors (Lipinski definition) is 3. The van der Waals surface area contributed by atoms with Crippen molar-refractivity contribution in [2.24, 2.45) is 7.05 Å². The van der Waals surface area contributed by atoms with Crippen LogP contribution in [0.5, 0.6) is 5.75 Å². The molecule has 1 aromatic carbocycles. The van der Waals surface area contributed by atoms with E-state index in [0.29, 0.717) is 11.3 Å². The highest BCUT2D eigenvalue weighted by molar-refractivity contribution is 7.89.